The molecule has 2 saturated heterocycles. The molecular weight excluding hydrogens is 316 g/mol. The number of hydrogen-bond acceptors (Lipinski definition) is 5. The molecule has 1 atom stereocenters. The molecular formula is C19H30N4O2. The van der Waals surface area contributed by atoms with Gasteiger partial charge in [0, 0.05) is 50.9 Å². The van der Waals surface area contributed by atoms with Crippen molar-refractivity contribution < 1.29 is 9.53 Å². The first kappa shape index (κ1) is 18.3. The van der Waals surface area contributed by atoms with E-state index in [1.165, 1.54) is 0 Å². The number of likely N-dealkylation sites (tertiary alicyclic amines) is 1. The third-order valence-corrected chi connectivity index (χ3v) is 5.22. The molecule has 0 bridgehead atoms. The van der Waals surface area contributed by atoms with Crippen LogP contribution < -0.4 is 0 Å². The van der Waals surface area contributed by atoms with Crippen LogP contribution in [0.3, 0.4) is 0 Å². The van der Waals surface area contributed by atoms with Gasteiger partial charge in [-0.2, -0.15) is 0 Å². The third kappa shape index (κ3) is 4.77. The molecule has 0 saturated carbocycles. The van der Waals surface area contributed by atoms with Gasteiger partial charge in [0.25, 0.3) is 5.91 Å². The topological polar surface area (TPSA) is 48.9 Å². The van der Waals surface area contributed by atoms with E-state index in [9.17, 15) is 4.79 Å². The first-order valence-electron chi connectivity index (χ1n) is 9.23. The fourth-order valence-corrected chi connectivity index (χ4v) is 3.89. The van der Waals surface area contributed by atoms with Gasteiger partial charge in [0.2, 0.25) is 0 Å². The van der Waals surface area contributed by atoms with Crippen LogP contribution in [0.5, 0.6) is 0 Å². The van der Waals surface area contributed by atoms with Crippen molar-refractivity contribution in [2.75, 3.05) is 66.6 Å². The van der Waals surface area contributed by atoms with Gasteiger partial charge < -0.3 is 14.5 Å². The number of aromatic nitrogens is 1. The van der Waals surface area contributed by atoms with Gasteiger partial charge in [0.1, 0.15) is 5.69 Å². The van der Waals surface area contributed by atoms with Crippen LogP contribution in [0.2, 0.25) is 0 Å². The SMILES string of the molecule is CN(C)CCN1CCOCC2(CCCN(C(=O)c3ccccn3)C2)C1. The second-order valence-corrected chi connectivity index (χ2v) is 7.68. The average Bonchev–Trinajstić information content (AvgIpc) is 2.82. The Morgan fingerprint density at radius 3 is 2.96 bits per heavy atom. The van der Waals surface area contributed by atoms with Crippen LogP contribution in [0.15, 0.2) is 24.4 Å². The summed E-state index contributed by atoms with van der Waals surface area (Å²) in [6.45, 7) is 7.19. The summed E-state index contributed by atoms with van der Waals surface area (Å²) in [4.78, 5) is 23.7. The van der Waals surface area contributed by atoms with Crippen LogP contribution >= 0.6 is 0 Å². The van der Waals surface area contributed by atoms with Crippen molar-refractivity contribution in [2.45, 2.75) is 12.8 Å². The Hall–Kier alpha value is -1.50. The molecule has 2 fully saturated rings. The standard InChI is InChI=1S/C19H30N4O2/c1-21(2)10-11-22-12-13-25-16-19(14-22)7-5-9-23(15-19)18(24)17-6-3-4-8-20-17/h3-4,6,8H,5,7,9-16H2,1-2H3. The molecule has 6 nitrogen and oxygen atoms in total. The first-order valence-corrected chi connectivity index (χ1v) is 9.23. The van der Waals surface area contributed by atoms with Crippen molar-refractivity contribution in [2.24, 2.45) is 5.41 Å². The Labute approximate surface area is 150 Å². The predicted molar refractivity (Wildman–Crippen MR) is 97.6 cm³/mol. The molecule has 0 aliphatic carbocycles. The van der Waals surface area contributed by atoms with Gasteiger partial charge in [0.15, 0.2) is 0 Å². The van der Waals surface area contributed by atoms with E-state index in [0.29, 0.717) is 5.69 Å². The van der Waals surface area contributed by atoms with Crippen molar-refractivity contribution >= 4 is 5.91 Å². The molecule has 1 unspecified atom stereocenters. The first-order chi connectivity index (χ1) is 12.1. The highest BCUT2D eigenvalue weighted by Gasteiger charge is 2.40. The lowest BCUT2D eigenvalue weighted by atomic mass is 9.80. The summed E-state index contributed by atoms with van der Waals surface area (Å²) in [5.41, 5.74) is 0.587. The Morgan fingerprint density at radius 1 is 1.32 bits per heavy atom. The second kappa shape index (κ2) is 8.25. The summed E-state index contributed by atoms with van der Waals surface area (Å²) in [6, 6.07) is 5.52. The van der Waals surface area contributed by atoms with Crippen LogP contribution in [0.1, 0.15) is 23.3 Å². The molecule has 2 aliphatic rings. The van der Waals surface area contributed by atoms with Crippen molar-refractivity contribution in [1.29, 1.82) is 0 Å². The van der Waals surface area contributed by atoms with E-state index in [0.717, 1.165) is 65.3 Å². The minimum atomic E-state index is 0.0452. The van der Waals surface area contributed by atoms with E-state index in [2.05, 4.69) is 28.9 Å². The number of amides is 1. The molecule has 1 aromatic rings. The van der Waals surface area contributed by atoms with Crippen molar-refractivity contribution in [3.05, 3.63) is 30.1 Å². The number of pyridine rings is 1. The van der Waals surface area contributed by atoms with Crippen LogP contribution in [-0.2, 0) is 4.74 Å². The van der Waals surface area contributed by atoms with E-state index in [4.69, 9.17) is 4.74 Å². The van der Waals surface area contributed by atoms with Crippen LogP contribution in [0, 0.1) is 5.41 Å². The lowest BCUT2D eigenvalue weighted by Crippen LogP contribution is -2.52. The Balaban J connectivity index is 1.68. The molecule has 1 aromatic heterocycles. The van der Waals surface area contributed by atoms with Crippen molar-refractivity contribution in [3.63, 3.8) is 0 Å². The van der Waals surface area contributed by atoms with Crippen molar-refractivity contribution in [1.82, 2.24) is 19.7 Å². The summed E-state index contributed by atoms with van der Waals surface area (Å²) in [5, 5.41) is 0. The smallest absolute Gasteiger partial charge is 0.272 e. The molecule has 0 N–H and O–H groups in total. The van der Waals surface area contributed by atoms with E-state index in [1.807, 2.05) is 17.0 Å². The molecule has 3 rings (SSSR count). The number of ether oxygens (including phenoxy) is 1. The normalized spacial score (nSPS) is 25.3. The van der Waals surface area contributed by atoms with E-state index < -0.39 is 0 Å². The lowest BCUT2D eigenvalue weighted by Gasteiger charge is -2.43. The summed E-state index contributed by atoms with van der Waals surface area (Å²) in [5.74, 6) is 0.0452. The summed E-state index contributed by atoms with van der Waals surface area (Å²) in [7, 11) is 4.22. The number of piperidine rings is 1. The monoisotopic (exact) mass is 346 g/mol. The zero-order chi connectivity index (χ0) is 17.7. The van der Waals surface area contributed by atoms with Gasteiger partial charge in [-0.1, -0.05) is 6.07 Å². The molecule has 138 valence electrons. The zero-order valence-corrected chi connectivity index (χ0v) is 15.5. The number of carbonyl (C=O) groups excluding carboxylic acids is 1. The maximum absolute atomic E-state index is 12.8. The summed E-state index contributed by atoms with van der Waals surface area (Å²) >= 11 is 0. The quantitative estimate of drug-likeness (QED) is 0.820. The van der Waals surface area contributed by atoms with Gasteiger partial charge in [0.05, 0.1) is 13.2 Å². The average molecular weight is 346 g/mol. The molecule has 1 spiro atoms. The predicted octanol–water partition coefficient (Wildman–Crippen LogP) is 1.20. The Kier molecular flexibility index (Phi) is 6.04. The van der Waals surface area contributed by atoms with Crippen molar-refractivity contribution in [3.8, 4) is 0 Å². The Morgan fingerprint density at radius 2 is 2.20 bits per heavy atom. The van der Waals surface area contributed by atoms with E-state index in [1.54, 1.807) is 12.3 Å². The van der Waals surface area contributed by atoms with Gasteiger partial charge in [-0.15, -0.1) is 0 Å². The van der Waals surface area contributed by atoms with Gasteiger partial charge in [-0.3, -0.25) is 14.7 Å². The molecule has 25 heavy (non-hydrogen) atoms. The van der Waals surface area contributed by atoms with Gasteiger partial charge in [-0.05, 0) is 39.1 Å². The van der Waals surface area contributed by atoms with Gasteiger partial charge in [-0.25, -0.2) is 0 Å². The zero-order valence-electron chi connectivity index (χ0n) is 15.5. The third-order valence-electron chi connectivity index (χ3n) is 5.22. The summed E-state index contributed by atoms with van der Waals surface area (Å²) in [6.07, 6.45) is 3.84. The number of rotatable bonds is 4. The minimum absolute atomic E-state index is 0.0452. The fourth-order valence-electron chi connectivity index (χ4n) is 3.89. The second-order valence-electron chi connectivity index (χ2n) is 7.68. The summed E-state index contributed by atoms with van der Waals surface area (Å²) < 4.78 is 5.95. The number of nitrogens with zero attached hydrogens (tertiary/aromatic N) is 4. The van der Waals surface area contributed by atoms with Crippen LogP contribution in [0.25, 0.3) is 0 Å². The highest BCUT2D eigenvalue weighted by Crippen LogP contribution is 2.33. The molecule has 1 amide bonds. The Bertz CT molecular complexity index is 566. The number of hydrogen-bond donors (Lipinski definition) is 0. The largest absolute Gasteiger partial charge is 0.379 e. The molecule has 6 heteroatoms. The minimum Gasteiger partial charge on any atom is -0.379 e. The van der Waals surface area contributed by atoms with E-state index in [-0.39, 0.29) is 11.3 Å². The number of carbonyl (C=O) groups is 1. The van der Waals surface area contributed by atoms with Gasteiger partial charge >= 0.3 is 0 Å². The lowest BCUT2D eigenvalue weighted by molar-refractivity contribution is 0.00694. The fraction of sp³-hybridized carbons (Fsp3) is 0.684. The van der Waals surface area contributed by atoms with Crippen LogP contribution in [-0.4, -0.2) is 92.2 Å². The molecule has 3 heterocycles. The molecule has 2 aliphatic heterocycles. The highest BCUT2D eigenvalue weighted by atomic mass is 16.5. The molecule has 0 radical (unpaired) electrons. The van der Waals surface area contributed by atoms with Crippen LogP contribution in [0.4, 0.5) is 0 Å². The maximum Gasteiger partial charge on any atom is 0.272 e. The maximum atomic E-state index is 12.8. The highest BCUT2D eigenvalue weighted by molar-refractivity contribution is 5.92. The van der Waals surface area contributed by atoms with E-state index >= 15 is 0 Å². The number of likely N-dealkylation sites (N-methyl/N-ethyl adjacent to an activating group) is 1. The molecule has 0 aromatic carbocycles.